The molecule has 0 aromatic heterocycles. The van der Waals surface area contributed by atoms with Gasteiger partial charge in [-0.25, -0.2) is 0 Å². The van der Waals surface area contributed by atoms with Gasteiger partial charge < -0.3 is 4.74 Å². The summed E-state index contributed by atoms with van der Waals surface area (Å²) in [5.74, 6) is 0. The minimum Gasteiger partial charge on any atom is -0.368 e. The van der Waals surface area contributed by atoms with Crippen LogP contribution in [0.4, 0.5) is 0 Å². The van der Waals surface area contributed by atoms with Crippen molar-refractivity contribution in [1.82, 2.24) is 0 Å². The predicted molar refractivity (Wildman–Crippen MR) is 28.8 cm³/mol. The van der Waals surface area contributed by atoms with E-state index in [4.69, 9.17) is 4.74 Å². The van der Waals surface area contributed by atoms with Gasteiger partial charge in [0.15, 0.2) is 6.10 Å². The van der Waals surface area contributed by atoms with Gasteiger partial charge >= 0.3 is 0 Å². The monoisotopic (exact) mass is 116 g/mol. The molecule has 0 aliphatic carbocycles. The van der Waals surface area contributed by atoms with Gasteiger partial charge in [-0.1, -0.05) is 0 Å². The lowest BCUT2D eigenvalue weighted by Crippen LogP contribution is -2.52. The van der Waals surface area contributed by atoms with Crippen LogP contribution in [0, 0.1) is 4.91 Å². The third-order valence-electron chi connectivity index (χ3n) is 1.65. The fourth-order valence-electron chi connectivity index (χ4n) is 0.815. The summed E-state index contributed by atoms with van der Waals surface area (Å²) in [6.07, 6.45) is 0.174. The molecule has 0 spiro atoms. The van der Waals surface area contributed by atoms with Gasteiger partial charge in [0.25, 0.3) is 0 Å². The fraction of sp³-hybridized carbons (Fsp3) is 1.00. The Morgan fingerprint density at radius 3 is 2.50 bits per heavy atom. The van der Waals surface area contributed by atoms with Crippen LogP contribution in [0.1, 0.15) is 6.92 Å². The largest absolute Gasteiger partial charge is 0.368 e. The molecule has 1 aliphatic heterocycles. The molecule has 0 aromatic rings. The van der Waals surface area contributed by atoms with Crippen molar-refractivity contribution in [2.75, 3.05) is 13.7 Å². The average molecular weight is 116 g/mol. The normalized spacial score (nSPS) is 37.0. The molecule has 1 heterocycles. The van der Waals surface area contributed by atoms with Gasteiger partial charge in [0.1, 0.15) is 0 Å². The van der Waals surface area contributed by atoms with Crippen molar-refractivity contribution in [2.45, 2.75) is 19.1 Å². The Kier molecular flexibility index (Phi) is 1.29. The maximum Gasteiger partial charge on any atom is 0.230 e. The minimum absolute atomic E-state index is 0.0694. The third-order valence-corrected chi connectivity index (χ3v) is 1.65. The van der Waals surface area contributed by atoms with Crippen molar-refractivity contribution in [2.24, 2.45) is 0 Å². The van der Waals surface area contributed by atoms with Crippen LogP contribution in [0.5, 0.6) is 0 Å². The van der Waals surface area contributed by atoms with E-state index in [1.54, 1.807) is 7.11 Å². The molecule has 0 radical (unpaired) electrons. The highest BCUT2D eigenvalue weighted by molar-refractivity contribution is 4.70. The number of nitrogens with zero attached hydrogens (tertiary/aromatic N) is 1. The summed E-state index contributed by atoms with van der Waals surface area (Å²) in [5.41, 5.74) is 0. The van der Waals surface area contributed by atoms with Gasteiger partial charge in [-0.2, -0.15) is 0 Å². The van der Waals surface area contributed by atoms with Gasteiger partial charge in [0, 0.05) is 23.7 Å². The van der Waals surface area contributed by atoms with Crippen LogP contribution < -0.4 is 0 Å². The number of nitroso groups, excluding NO2 is 1. The Balaban J connectivity index is 2.35. The van der Waals surface area contributed by atoms with Gasteiger partial charge in [0.2, 0.25) is 12.6 Å². The van der Waals surface area contributed by atoms with Crippen LogP contribution >= 0.6 is 0 Å². The molecule has 1 saturated heterocycles. The molecular weight excluding hydrogens is 106 g/mol. The lowest BCUT2D eigenvalue weighted by molar-refractivity contribution is -0.663. The van der Waals surface area contributed by atoms with E-state index in [-0.39, 0.29) is 12.1 Å². The molecule has 1 fully saturated rings. The second-order valence-electron chi connectivity index (χ2n) is 2.11. The lowest BCUT2D eigenvalue weighted by atomic mass is 10.1. The highest BCUT2D eigenvalue weighted by Crippen LogP contribution is 2.12. The van der Waals surface area contributed by atoms with E-state index in [0.717, 1.165) is 4.76 Å². The van der Waals surface area contributed by atoms with Gasteiger partial charge in [-0.05, 0) is 0 Å². The van der Waals surface area contributed by atoms with E-state index in [9.17, 15) is 4.91 Å². The SMILES string of the molecule is COC1C[N+](=O)C1C. The Hall–Kier alpha value is -0.440. The van der Waals surface area contributed by atoms with Crippen molar-refractivity contribution in [3.8, 4) is 0 Å². The Morgan fingerprint density at radius 1 is 1.75 bits per heavy atom. The van der Waals surface area contributed by atoms with Gasteiger partial charge in [-0.3, -0.25) is 0 Å². The number of methoxy groups -OCH3 is 1. The average Bonchev–Trinajstić information content (AvgIpc) is 1.81. The Bertz CT molecular complexity index is 113. The summed E-state index contributed by atoms with van der Waals surface area (Å²) in [6.45, 7) is 2.41. The summed E-state index contributed by atoms with van der Waals surface area (Å²) in [7, 11) is 1.63. The van der Waals surface area contributed by atoms with Crippen LogP contribution in [0.15, 0.2) is 0 Å². The van der Waals surface area contributed by atoms with Crippen LogP contribution in [-0.4, -0.2) is 30.6 Å². The molecular formula is C5H10NO2+. The number of rotatable bonds is 1. The van der Waals surface area contributed by atoms with Crippen LogP contribution in [-0.2, 0) is 4.74 Å². The van der Waals surface area contributed by atoms with E-state index in [0.29, 0.717) is 6.54 Å². The molecule has 0 N–H and O–H groups in total. The molecule has 0 aromatic carbocycles. The molecule has 2 atom stereocenters. The predicted octanol–water partition coefficient (Wildman–Crippen LogP) is 0.182. The van der Waals surface area contributed by atoms with Crippen molar-refractivity contribution in [3.63, 3.8) is 0 Å². The number of ether oxygens (including phenoxy) is 1. The maximum absolute atomic E-state index is 10.4. The Morgan fingerprint density at radius 2 is 2.38 bits per heavy atom. The zero-order valence-corrected chi connectivity index (χ0v) is 5.13. The highest BCUT2D eigenvalue weighted by atomic mass is 16.5. The highest BCUT2D eigenvalue weighted by Gasteiger charge is 2.44. The molecule has 1 aliphatic rings. The zero-order valence-electron chi connectivity index (χ0n) is 5.13. The molecule has 46 valence electrons. The first-order chi connectivity index (χ1) is 3.75. The number of hydrogen-bond donors (Lipinski definition) is 0. The van der Waals surface area contributed by atoms with Crippen molar-refractivity contribution in [1.29, 1.82) is 0 Å². The first-order valence-corrected chi connectivity index (χ1v) is 2.72. The summed E-state index contributed by atoms with van der Waals surface area (Å²) in [4.78, 5) is 10.4. The van der Waals surface area contributed by atoms with E-state index in [1.165, 1.54) is 0 Å². The van der Waals surface area contributed by atoms with E-state index < -0.39 is 0 Å². The molecule has 8 heavy (non-hydrogen) atoms. The van der Waals surface area contributed by atoms with E-state index in [2.05, 4.69) is 0 Å². The lowest BCUT2D eigenvalue weighted by Gasteiger charge is -2.21. The van der Waals surface area contributed by atoms with Gasteiger partial charge in [-0.15, -0.1) is 0 Å². The summed E-state index contributed by atoms with van der Waals surface area (Å²) >= 11 is 0. The fourth-order valence-corrected chi connectivity index (χ4v) is 0.815. The molecule has 0 saturated carbocycles. The topological polar surface area (TPSA) is 29.3 Å². The second-order valence-corrected chi connectivity index (χ2v) is 2.11. The molecule has 1 rings (SSSR count). The summed E-state index contributed by atoms with van der Waals surface area (Å²) in [5, 5.41) is 0. The summed E-state index contributed by atoms with van der Waals surface area (Å²) in [6, 6.07) is 0.0694. The standard InChI is InChI=1S/C5H10NO2/c1-4-5(8-2)3-6(4)7/h4-5H,3H2,1-2H3/q+1. The third kappa shape index (κ3) is 0.629. The van der Waals surface area contributed by atoms with Gasteiger partial charge in [0.05, 0.1) is 0 Å². The van der Waals surface area contributed by atoms with E-state index >= 15 is 0 Å². The van der Waals surface area contributed by atoms with Crippen LogP contribution in [0.25, 0.3) is 0 Å². The van der Waals surface area contributed by atoms with E-state index in [1.807, 2.05) is 6.92 Å². The van der Waals surface area contributed by atoms with Crippen LogP contribution in [0.3, 0.4) is 0 Å². The molecule has 3 nitrogen and oxygen atoms in total. The maximum atomic E-state index is 10.4. The van der Waals surface area contributed by atoms with Crippen molar-refractivity contribution in [3.05, 3.63) is 4.91 Å². The zero-order chi connectivity index (χ0) is 6.15. The minimum atomic E-state index is 0.0694. The second kappa shape index (κ2) is 1.82. The first kappa shape index (κ1) is 5.69. The quantitative estimate of drug-likeness (QED) is 0.457. The Labute approximate surface area is 48.2 Å². The molecule has 3 heteroatoms. The molecule has 0 bridgehead atoms. The van der Waals surface area contributed by atoms with Crippen molar-refractivity contribution >= 4 is 0 Å². The molecule has 2 unspecified atom stereocenters. The smallest absolute Gasteiger partial charge is 0.230 e. The summed E-state index contributed by atoms with van der Waals surface area (Å²) < 4.78 is 5.95. The number of hydrogen-bond acceptors (Lipinski definition) is 2. The van der Waals surface area contributed by atoms with Crippen LogP contribution in [0.2, 0.25) is 0 Å². The molecule has 0 amide bonds. The first-order valence-electron chi connectivity index (χ1n) is 2.72. The van der Waals surface area contributed by atoms with Crippen molar-refractivity contribution < 1.29 is 9.50 Å².